The lowest BCUT2D eigenvalue weighted by atomic mass is 9.96. The van der Waals surface area contributed by atoms with Crippen LogP contribution in [-0.2, 0) is 0 Å². The van der Waals surface area contributed by atoms with E-state index in [2.05, 4.69) is 229 Å². The zero-order valence-corrected chi connectivity index (χ0v) is 32.5. The molecule has 2 heteroatoms. The van der Waals surface area contributed by atoms with Crippen LogP contribution in [0, 0.1) is 0 Å². The number of hydrogen-bond acceptors (Lipinski definition) is 2. The van der Waals surface area contributed by atoms with Crippen molar-refractivity contribution in [3.8, 4) is 44.5 Å². The van der Waals surface area contributed by atoms with Gasteiger partial charge in [0.05, 0.1) is 0 Å². The molecule has 0 aliphatic carbocycles. The number of anilines is 3. The summed E-state index contributed by atoms with van der Waals surface area (Å²) in [7, 11) is 0. The van der Waals surface area contributed by atoms with Crippen LogP contribution in [-0.4, -0.2) is 0 Å². The maximum Gasteiger partial charge on any atom is 0.0467 e. The maximum atomic E-state index is 2.41. The molecule has 1 heterocycles. The minimum absolute atomic E-state index is 1.10. The van der Waals surface area contributed by atoms with Crippen LogP contribution in [0.2, 0.25) is 0 Å². The number of fused-ring (bicyclic) bond motifs is 5. The Morgan fingerprint density at radius 1 is 0.276 bits per heavy atom. The molecule has 11 aromatic rings. The molecular formula is C56H37NS. The molecule has 0 bridgehead atoms. The molecule has 0 radical (unpaired) electrons. The molecule has 0 atom stereocenters. The van der Waals surface area contributed by atoms with Gasteiger partial charge in [-0.15, -0.1) is 11.3 Å². The van der Waals surface area contributed by atoms with Gasteiger partial charge in [0, 0.05) is 37.2 Å². The molecule has 0 saturated carbocycles. The molecule has 58 heavy (non-hydrogen) atoms. The summed E-state index contributed by atoms with van der Waals surface area (Å²) in [6.07, 6.45) is 0. The Bertz CT molecular complexity index is 3310. The van der Waals surface area contributed by atoms with Crippen molar-refractivity contribution < 1.29 is 0 Å². The Kier molecular flexibility index (Phi) is 8.42. The van der Waals surface area contributed by atoms with Crippen molar-refractivity contribution in [3.63, 3.8) is 0 Å². The third-order valence-electron chi connectivity index (χ3n) is 11.4. The molecule has 11 rings (SSSR count). The molecule has 0 spiro atoms. The van der Waals surface area contributed by atoms with Crippen LogP contribution >= 0.6 is 11.3 Å². The molecule has 0 aliphatic heterocycles. The van der Waals surface area contributed by atoms with E-state index in [1.807, 2.05) is 11.3 Å². The van der Waals surface area contributed by atoms with E-state index in [0.29, 0.717) is 0 Å². The number of thiophene rings is 1. The first-order valence-electron chi connectivity index (χ1n) is 19.8. The summed E-state index contributed by atoms with van der Waals surface area (Å²) in [5, 5.41) is 7.61. The Labute approximate surface area is 342 Å². The highest BCUT2D eigenvalue weighted by atomic mass is 32.1. The van der Waals surface area contributed by atoms with E-state index in [9.17, 15) is 0 Å². The number of nitrogens with zero attached hydrogens (tertiary/aromatic N) is 1. The molecule has 1 nitrogen and oxygen atoms in total. The Balaban J connectivity index is 1.04. The van der Waals surface area contributed by atoms with Gasteiger partial charge in [0.1, 0.15) is 0 Å². The van der Waals surface area contributed by atoms with Crippen LogP contribution in [0.3, 0.4) is 0 Å². The van der Waals surface area contributed by atoms with E-state index in [-0.39, 0.29) is 0 Å². The van der Waals surface area contributed by atoms with Crippen molar-refractivity contribution in [1.29, 1.82) is 0 Å². The molecule has 0 fully saturated rings. The van der Waals surface area contributed by atoms with Crippen LogP contribution in [0.1, 0.15) is 0 Å². The summed E-state index contributed by atoms with van der Waals surface area (Å²) in [4.78, 5) is 2.41. The Morgan fingerprint density at radius 2 is 0.759 bits per heavy atom. The van der Waals surface area contributed by atoms with Gasteiger partial charge in [-0.3, -0.25) is 0 Å². The van der Waals surface area contributed by atoms with Crippen molar-refractivity contribution >= 4 is 70.1 Å². The van der Waals surface area contributed by atoms with Gasteiger partial charge in [0.2, 0.25) is 0 Å². The zero-order valence-electron chi connectivity index (χ0n) is 31.7. The van der Waals surface area contributed by atoms with Gasteiger partial charge in [-0.25, -0.2) is 0 Å². The molecule has 10 aromatic carbocycles. The smallest absolute Gasteiger partial charge is 0.0467 e. The number of hydrogen-bond donors (Lipinski definition) is 0. The van der Waals surface area contributed by atoms with E-state index in [1.54, 1.807) is 0 Å². The lowest BCUT2D eigenvalue weighted by Crippen LogP contribution is -2.10. The average Bonchev–Trinajstić information content (AvgIpc) is 3.68. The predicted molar refractivity (Wildman–Crippen MR) is 251 cm³/mol. The van der Waals surface area contributed by atoms with Gasteiger partial charge in [0.25, 0.3) is 0 Å². The molecule has 272 valence electrons. The van der Waals surface area contributed by atoms with Gasteiger partial charge in [-0.2, -0.15) is 0 Å². The first-order chi connectivity index (χ1) is 28.7. The van der Waals surface area contributed by atoms with Gasteiger partial charge >= 0.3 is 0 Å². The number of rotatable bonds is 7. The fourth-order valence-corrected chi connectivity index (χ4v) is 9.83. The monoisotopic (exact) mass is 755 g/mol. The lowest BCUT2D eigenvalue weighted by Gasteiger charge is -2.27. The SMILES string of the molecule is c1cc(-c2cccc(N(c3cccc(-c4ccc5ccccc5c4)c3)c3cccc(-c4cccc5ccccc45)c3)c2)cc(-c2cccc3c2sc2ccccc23)c1. The summed E-state index contributed by atoms with van der Waals surface area (Å²) in [6, 6.07) is 82.0. The van der Waals surface area contributed by atoms with E-state index in [0.717, 1.165) is 17.1 Å². The van der Waals surface area contributed by atoms with Crippen molar-refractivity contribution in [1.82, 2.24) is 0 Å². The molecule has 0 amide bonds. The highest BCUT2D eigenvalue weighted by molar-refractivity contribution is 7.26. The van der Waals surface area contributed by atoms with Crippen LogP contribution in [0.5, 0.6) is 0 Å². The summed E-state index contributed by atoms with van der Waals surface area (Å²) in [5.41, 5.74) is 12.9. The highest BCUT2D eigenvalue weighted by Gasteiger charge is 2.17. The molecule has 0 saturated heterocycles. The van der Waals surface area contributed by atoms with Crippen LogP contribution in [0.15, 0.2) is 224 Å². The minimum atomic E-state index is 1.10. The van der Waals surface area contributed by atoms with Crippen molar-refractivity contribution in [3.05, 3.63) is 224 Å². The standard InChI is InChI=1S/C56H37NS/c1-2-15-40-33-44(32-31-38(40)13-1)43-19-9-23-48(36-43)57(49-24-10-21-46(37-49)51-27-11-16-39-14-3-4-25-50(39)51)47-22-8-18-42(35-47)41-17-7-20-45(34-41)52-28-12-29-54-53-26-5-6-30-55(53)58-56(52)54/h1-37H. The van der Waals surface area contributed by atoms with E-state index >= 15 is 0 Å². The second-order valence-corrected chi connectivity index (χ2v) is 16.0. The van der Waals surface area contributed by atoms with Crippen LogP contribution < -0.4 is 4.90 Å². The van der Waals surface area contributed by atoms with E-state index in [4.69, 9.17) is 0 Å². The molecular weight excluding hydrogens is 719 g/mol. The fourth-order valence-electron chi connectivity index (χ4n) is 8.60. The lowest BCUT2D eigenvalue weighted by molar-refractivity contribution is 1.28. The average molecular weight is 756 g/mol. The fraction of sp³-hybridized carbons (Fsp3) is 0. The van der Waals surface area contributed by atoms with Gasteiger partial charge in [0.15, 0.2) is 0 Å². The van der Waals surface area contributed by atoms with Gasteiger partial charge in [-0.1, -0.05) is 170 Å². The third kappa shape index (κ3) is 6.12. The predicted octanol–water partition coefficient (Wildman–Crippen LogP) is 16.5. The first kappa shape index (κ1) is 34.0. The second-order valence-electron chi connectivity index (χ2n) is 14.9. The first-order valence-corrected chi connectivity index (χ1v) is 20.6. The van der Waals surface area contributed by atoms with Crippen LogP contribution in [0.4, 0.5) is 17.1 Å². The topological polar surface area (TPSA) is 3.24 Å². The Morgan fingerprint density at radius 3 is 1.52 bits per heavy atom. The quantitative estimate of drug-likeness (QED) is 0.157. The van der Waals surface area contributed by atoms with Gasteiger partial charge < -0.3 is 4.90 Å². The van der Waals surface area contributed by atoms with Crippen molar-refractivity contribution in [2.24, 2.45) is 0 Å². The van der Waals surface area contributed by atoms with Crippen molar-refractivity contribution in [2.45, 2.75) is 0 Å². The minimum Gasteiger partial charge on any atom is -0.310 e. The zero-order chi connectivity index (χ0) is 38.4. The second kappa shape index (κ2) is 14.4. The summed E-state index contributed by atoms with van der Waals surface area (Å²) >= 11 is 1.88. The summed E-state index contributed by atoms with van der Waals surface area (Å²) in [5.74, 6) is 0. The number of benzene rings is 10. The summed E-state index contributed by atoms with van der Waals surface area (Å²) in [6.45, 7) is 0. The third-order valence-corrected chi connectivity index (χ3v) is 12.6. The van der Waals surface area contributed by atoms with E-state index < -0.39 is 0 Å². The van der Waals surface area contributed by atoms with Crippen LogP contribution in [0.25, 0.3) is 86.2 Å². The van der Waals surface area contributed by atoms with E-state index in [1.165, 1.54) is 86.2 Å². The van der Waals surface area contributed by atoms with Gasteiger partial charge in [-0.05, 0) is 121 Å². The molecule has 0 N–H and O–H groups in total. The highest BCUT2D eigenvalue weighted by Crippen LogP contribution is 2.43. The van der Waals surface area contributed by atoms with Crippen molar-refractivity contribution in [2.75, 3.05) is 4.90 Å². The molecule has 0 aliphatic rings. The maximum absolute atomic E-state index is 2.41. The Hall–Kier alpha value is -7.26. The normalized spacial score (nSPS) is 11.4. The summed E-state index contributed by atoms with van der Waals surface area (Å²) < 4.78 is 2.65. The molecule has 0 unspecified atom stereocenters. The largest absolute Gasteiger partial charge is 0.310 e. The molecule has 1 aromatic heterocycles.